The van der Waals surface area contributed by atoms with E-state index < -0.39 is 0 Å². The standard InChI is InChI=1S/C9H12N6/c1-6-3-4-15(14-6)8-5-7(2)11-9(12-8)13-10/h3-5H,10H2,1-2H3,(H,11,12,13). The molecule has 6 nitrogen and oxygen atoms in total. The number of aryl methyl sites for hydroxylation is 2. The van der Waals surface area contributed by atoms with Crippen LogP contribution >= 0.6 is 0 Å². The summed E-state index contributed by atoms with van der Waals surface area (Å²) in [4.78, 5) is 8.29. The van der Waals surface area contributed by atoms with E-state index in [-0.39, 0.29) is 0 Å². The molecule has 0 aliphatic rings. The molecule has 2 rings (SSSR count). The van der Waals surface area contributed by atoms with Gasteiger partial charge in [-0.2, -0.15) is 10.1 Å². The predicted octanol–water partition coefficient (Wildman–Crippen LogP) is 0.565. The Labute approximate surface area is 87.1 Å². The number of nitrogen functional groups attached to an aromatic ring is 1. The Balaban J connectivity index is 2.48. The van der Waals surface area contributed by atoms with Crippen LogP contribution in [0.5, 0.6) is 0 Å². The zero-order valence-electron chi connectivity index (χ0n) is 8.60. The molecule has 0 saturated carbocycles. The molecule has 15 heavy (non-hydrogen) atoms. The molecule has 0 spiro atoms. The minimum absolute atomic E-state index is 0.387. The zero-order chi connectivity index (χ0) is 10.8. The molecule has 6 heteroatoms. The van der Waals surface area contributed by atoms with Crippen LogP contribution in [0.15, 0.2) is 18.3 Å². The monoisotopic (exact) mass is 204 g/mol. The van der Waals surface area contributed by atoms with Gasteiger partial charge in [0.15, 0.2) is 5.82 Å². The summed E-state index contributed by atoms with van der Waals surface area (Å²) >= 11 is 0. The first-order valence-corrected chi connectivity index (χ1v) is 4.54. The van der Waals surface area contributed by atoms with Gasteiger partial charge in [-0.05, 0) is 19.9 Å². The van der Waals surface area contributed by atoms with Crippen molar-refractivity contribution in [1.82, 2.24) is 19.7 Å². The first-order chi connectivity index (χ1) is 7.19. The van der Waals surface area contributed by atoms with Crippen LogP contribution in [0, 0.1) is 13.8 Å². The molecular formula is C9H12N6. The molecule has 2 heterocycles. The molecule has 0 aliphatic carbocycles. The fraction of sp³-hybridized carbons (Fsp3) is 0.222. The second kappa shape index (κ2) is 3.66. The summed E-state index contributed by atoms with van der Waals surface area (Å²) in [6, 6.07) is 3.75. The highest BCUT2D eigenvalue weighted by molar-refractivity contribution is 5.33. The number of hydrogen-bond donors (Lipinski definition) is 2. The largest absolute Gasteiger partial charge is 0.292 e. The van der Waals surface area contributed by atoms with Gasteiger partial charge in [0.25, 0.3) is 0 Å². The van der Waals surface area contributed by atoms with E-state index >= 15 is 0 Å². The molecule has 0 atom stereocenters. The molecule has 0 radical (unpaired) electrons. The van der Waals surface area contributed by atoms with E-state index in [9.17, 15) is 0 Å². The van der Waals surface area contributed by atoms with E-state index in [1.807, 2.05) is 32.2 Å². The van der Waals surface area contributed by atoms with Crippen LogP contribution in [0.4, 0.5) is 5.95 Å². The summed E-state index contributed by atoms with van der Waals surface area (Å²) in [5, 5.41) is 4.26. The van der Waals surface area contributed by atoms with Crippen LogP contribution in [-0.2, 0) is 0 Å². The van der Waals surface area contributed by atoms with Crippen molar-refractivity contribution >= 4 is 5.95 Å². The molecule has 3 N–H and O–H groups in total. The van der Waals surface area contributed by atoms with Gasteiger partial charge in [0.2, 0.25) is 5.95 Å². The smallest absolute Gasteiger partial charge is 0.239 e. The number of aromatic nitrogens is 4. The number of nitrogens with one attached hydrogen (secondary N) is 1. The second-order valence-electron chi connectivity index (χ2n) is 3.24. The molecule has 0 saturated heterocycles. The summed E-state index contributed by atoms with van der Waals surface area (Å²) in [5.41, 5.74) is 4.19. The highest BCUT2D eigenvalue weighted by atomic mass is 15.3. The lowest BCUT2D eigenvalue weighted by molar-refractivity contribution is 0.822. The van der Waals surface area contributed by atoms with Gasteiger partial charge in [-0.25, -0.2) is 15.5 Å². The zero-order valence-corrected chi connectivity index (χ0v) is 8.60. The number of nitrogens with zero attached hydrogens (tertiary/aromatic N) is 4. The molecule has 0 aliphatic heterocycles. The van der Waals surface area contributed by atoms with Gasteiger partial charge < -0.3 is 0 Å². The van der Waals surface area contributed by atoms with Crippen molar-refractivity contribution in [2.45, 2.75) is 13.8 Å². The minimum atomic E-state index is 0.387. The Morgan fingerprint density at radius 2 is 2.07 bits per heavy atom. The van der Waals surface area contributed by atoms with Crippen LogP contribution in [0.2, 0.25) is 0 Å². The summed E-state index contributed by atoms with van der Waals surface area (Å²) < 4.78 is 1.69. The lowest BCUT2D eigenvalue weighted by Crippen LogP contribution is -2.12. The normalized spacial score (nSPS) is 10.3. The molecule has 78 valence electrons. The van der Waals surface area contributed by atoms with Crippen molar-refractivity contribution in [3.8, 4) is 5.82 Å². The van der Waals surface area contributed by atoms with E-state index in [2.05, 4.69) is 20.5 Å². The lowest BCUT2D eigenvalue weighted by atomic mass is 10.4. The van der Waals surface area contributed by atoms with Gasteiger partial charge in [-0.1, -0.05) is 0 Å². The van der Waals surface area contributed by atoms with Gasteiger partial charge >= 0.3 is 0 Å². The molecule has 0 fully saturated rings. The highest BCUT2D eigenvalue weighted by Crippen LogP contribution is 2.08. The van der Waals surface area contributed by atoms with Crippen LogP contribution in [0.25, 0.3) is 5.82 Å². The van der Waals surface area contributed by atoms with Crippen LogP contribution in [0.1, 0.15) is 11.4 Å². The summed E-state index contributed by atoms with van der Waals surface area (Å²) in [6.45, 7) is 3.80. The predicted molar refractivity (Wildman–Crippen MR) is 56.4 cm³/mol. The lowest BCUT2D eigenvalue weighted by Gasteiger charge is -2.04. The van der Waals surface area contributed by atoms with Gasteiger partial charge in [0, 0.05) is 18.0 Å². The topological polar surface area (TPSA) is 81.7 Å². The van der Waals surface area contributed by atoms with Gasteiger partial charge in [0.05, 0.1) is 5.69 Å². The summed E-state index contributed by atoms with van der Waals surface area (Å²) in [5.74, 6) is 6.35. The van der Waals surface area contributed by atoms with Crippen molar-refractivity contribution in [2.75, 3.05) is 5.43 Å². The Kier molecular flexibility index (Phi) is 2.34. The fourth-order valence-corrected chi connectivity index (χ4v) is 1.28. The minimum Gasteiger partial charge on any atom is -0.292 e. The third-order valence-electron chi connectivity index (χ3n) is 1.93. The average Bonchev–Trinajstić information content (AvgIpc) is 2.64. The first kappa shape index (κ1) is 9.60. The maximum Gasteiger partial charge on any atom is 0.239 e. The van der Waals surface area contributed by atoms with E-state index in [4.69, 9.17) is 5.84 Å². The number of hydrogen-bond acceptors (Lipinski definition) is 5. The molecular weight excluding hydrogens is 192 g/mol. The maximum atomic E-state index is 5.27. The summed E-state index contributed by atoms with van der Waals surface area (Å²) in [6.07, 6.45) is 1.84. The Hall–Kier alpha value is -1.95. The van der Waals surface area contributed by atoms with Crippen molar-refractivity contribution in [1.29, 1.82) is 0 Å². The Morgan fingerprint density at radius 3 is 2.67 bits per heavy atom. The van der Waals surface area contributed by atoms with Gasteiger partial charge in [-0.3, -0.25) is 5.43 Å². The van der Waals surface area contributed by atoms with Crippen molar-refractivity contribution in [3.63, 3.8) is 0 Å². The van der Waals surface area contributed by atoms with E-state index in [0.29, 0.717) is 11.8 Å². The van der Waals surface area contributed by atoms with E-state index in [1.165, 1.54) is 0 Å². The molecule has 0 unspecified atom stereocenters. The third kappa shape index (κ3) is 1.94. The molecule has 2 aromatic heterocycles. The first-order valence-electron chi connectivity index (χ1n) is 4.54. The number of rotatable bonds is 2. The second-order valence-corrected chi connectivity index (χ2v) is 3.24. The van der Waals surface area contributed by atoms with Gasteiger partial charge in [0.1, 0.15) is 0 Å². The number of nitrogens with two attached hydrogens (primary N) is 1. The van der Waals surface area contributed by atoms with Crippen LogP contribution in [0.3, 0.4) is 0 Å². The highest BCUT2D eigenvalue weighted by Gasteiger charge is 2.03. The Bertz CT molecular complexity index is 475. The quantitative estimate of drug-likeness (QED) is 0.552. The molecule has 0 aromatic carbocycles. The van der Waals surface area contributed by atoms with Gasteiger partial charge in [-0.15, -0.1) is 0 Å². The Morgan fingerprint density at radius 1 is 1.27 bits per heavy atom. The fourth-order valence-electron chi connectivity index (χ4n) is 1.28. The SMILES string of the molecule is Cc1cc(-n2ccc(C)n2)nc(NN)n1. The number of anilines is 1. The average molecular weight is 204 g/mol. The number of hydrazine groups is 1. The molecule has 0 bridgehead atoms. The summed E-state index contributed by atoms with van der Waals surface area (Å²) in [7, 11) is 0. The van der Waals surface area contributed by atoms with E-state index in [0.717, 1.165) is 11.4 Å². The van der Waals surface area contributed by atoms with Crippen molar-refractivity contribution < 1.29 is 0 Å². The molecule has 2 aromatic rings. The van der Waals surface area contributed by atoms with Crippen molar-refractivity contribution in [3.05, 3.63) is 29.7 Å². The maximum absolute atomic E-state index is 5.27. The third-order valence-corrected chi connectivity index (χ3v) is 1.93. The van der Waals surface area contributed by atoms with Crippen LogP contribution in [-0.4, -0.2) is 19.7 Å². The molecule has 0 amide bonds. The van der Waals surface area contributed by atoms with Crippen molar-refractivity contribution in [2.24, 2.45) is 5.84 Å². The van der Waals surface area contributed by atoms with E-state index in [1.54, 1.807) is 4.68 Å². The van der Waals surface area contributed by atoms with Crippen LogP contribution < -0.4 is 11.3 Å².